The third kappa shape index (κ3) is 3.47. The lowest BCUT2D eigenvalue weighted by Gasteiger charge is -2.15. The van der Waals surface area contributed by atoms with Crippen molar-refractivity contribution in [1.29, 1.82) is 0 Å². The Morgan fingerprint density at radius 2 is 2.27 bits per heavy atom. The molecule has 15 heavy (non-hydrogen) atoms. The van der Waals surface area contributed by atoms with E-state index in [2.05, 4.69) is 16.9 Å². The maximum absolute atomic E-state index is 11.3. The van der Waals surface area contributed by atoms with Crippen LogP contribution < -0.4 is 5.56 Å². The molecule has 84 valence electrons. The summed E-state index contributed by atoms with van der Waals surface area (Å²) < 4.78 is 5.55. The fraction of sp³-hybridized carbons (Fsp3) is 0.636. The van der Waals surface area contributed by atoms with Gasteiger partial charge in [0.15, 0.2) is 0 Å². The minimum absolute atomic E-state index is 0.0902. The Hall–Kier alpha value is -1.16. The molecule has 4 heteroatoms. The Labute approximate surface area is 89.7 Å². The number of nitrogens with one attached hydrogen (secondary N) is 1. The number of aromatic nitrogens is 2. The number of aromatic amines is 1. The second-order valence-corrected chi connectivity index (χ2v) is 3.50. The monoisotopic (exact) mass is 210 g/mol. The van der Waals surface area contributed by atoms with Crippen LogP contribution in [0.15, 0.2) is 10.9 Å². The molecular formula is C11H18N2O2. The van der Waals surface area contributed by atoms with Crippen molar-refractivity contribution in [2.75, 3.05) is 6.61 Å². The van der Waals surface area contributed by atoms with E-state index in [1.165, 1.54) is 6.07 Å². The molecule has 1 rings (SSSR count). The first-order valence-electron chi connectivity index (χ1n) is 5.36. The third-order valence-corrected chi connectivity index (χ3v) is 2.11. The molecule has 0 fully saturated rings. The summed E-state index contributed by atoms with van der Waals surface area (Å²) in [5, 5.41) is 0. The van der Waals surface area contributed by atoms with Crippen LogP contribution >= 0.6 is 0 Å². The van der Waals surface area contributed by atoms with Crippen LogP contribution in [0.1, 0.15) is 44.3 Å². The number of ether oxygens (including phenoxy) is 1. The van der Waals surface area contributed by atoms with Crippen LogP contribution in [0.25, 0.3) is 0 Å². The summed E-state index contributed by atoms with van der Waals surface area (Å²) in [7, 11) is 0. The van der Waals surface area contributed by atoms with E-state index in [9.17, 15) is 4.79 Å². The highest BCUT2D eigenvalue weighted by molar-refractivity contribution is 5.02. The maximum Gasteiger partial charge on any atom is 0.251 e. The van der Waals surface area contributed by atoms with Gasteiger partial charge >= 0.3 is 0 Å². The summed E-state index contributed by atoms with van der Waals surface area (Å²) in [4.78, 5) is 18.3. The lowest BCUT2D eigenvalue weighted by Crippen LogP contribution is -2.16. The molecule has 1 aromatic rings. The maximum atomic E-state index is 11.3. The number of rotatable bonds is 5. The van der Waals surface area contributed by atoms with E-state index in [4.69, 9.17) is 4.74 Å². The second-order valence-electron chi connectivity index (χ2n) is 3.50. The van der Waals surface area contributed by atoms with E-state index in [0.717, 1.165) is 18.5 Å². The zero-order valence-electron chi connectivity index (χ0n) is 9.54. The highest BCUT2D eigenvalue weighted by Crippen LogP contribution is 2.18. The number of aryl methyl sites for hydroxylation is 1. The van der Waals surface area contributed by atoms with Crippen LogP contribution in [-0.4, -0.2) is 16.6 Å². The van der Waals surface area contributed by atoms with Crippen molar-refractivity contribution in [3.05, 3.63) is 27.9 Å². The zero-order chi connectivity index (χ0) is 11.3. The highest BCUT2D eigenvalue weighted by atomic mass is 16.5. The molecule has 1 heterocycles. The molecule has 1 N–H and O–H groups in total. The van der Waals surface area contributed by atoms with Crippen molar-refractivity contribution >= 4 is 0 Å². The number of hydrogen-bond donors (Lipinski definition) is 1. The quantitative estimate of drug-likeness (QED) is 0.808. The zero-order valence-corrected chi connectivity index (χ0v) is 9.54. The van der Waals surface area contributed by atoms with Crippen LogP contribution in [0, 0.1) is 6.92 Å². The van der Waals surface area contributed by atoms with E-state index in [1.54, 1.807) is 0 Å². The van der Waals surface area contributed by atoms with Crippen LogP contribution in [-0.2, 0) is 4.74 Å². The van der Waals surface area contributed by atoms with E-state index in [1.807, 2.05) is 13.8 Å². The molecule has 0 spiro atoms. The largest absolute Gasteiger partial charge is 0.371 e. The molecule has 0 saturated heterocycles. The van der Waals surface area contributed by atoms with E-state index in [0.29, 0.717) is 12.4 Å². The number of hydrogen-bond acceptors (Lipinski definition) is 3. The molecule has 0 aromatic carbocycles. The van der Waals surface area contributed by atoms with Crippen molar-refractivity contribution in [3.63, 3.8) is 0 Å². The van der Waals surface area contributed by atoms with Crippen molar-refractivity contribution in [1.82, 2.24) is 9.97 Å². The van der Waals surface area contributed by atoms with Crippen molar-refractivity contribution < 1.29 is 4.74 Å². The molecule has 1 aromatic heterocycles. The topological polar surface area (TPSA) is 55.0 Å². The summed E-state index contributed by atoms with van der Waals surface area (Å²) in [6, 6.07) is 1.48. The van der Waals surface area contributed by atoms with Gasteiger partial charge in [0.25, 0.3) is 5.56 Å². The smallest absolute Gasteiger partial charge is 0.251 e. The lowest BCUT2D eigenvalue weighted by molar-refractivity contribution is 0.0491. The van der Waals surface area contributed by atoms with Crippen LogP contribution in [0.4, 0.5) is 0 Å². The average molecular weight is 210 g/mol. The molecule has 0 aliphatic carbocycles. The van der Waals surface area contributed by atoms with Crippen molar-refractivity contribution in [3.8, 4) is 0 Å². The second kappa shape index (κ2) is 5.66. The Bertz CT molecular complexity index is 354. The van der Waals surface area contributed by atoms with E-state index < -0.39 is 0 Å². The van der Waals surface area contributed by atoms with Gasteiger partial charge in [0.1, 0.15) is 11.9 Å². The van der Waals surface area contributed by atoms with Gasteiger partial charge in [-0.1, -0.05) is 13.3 Å². The fourth-order valence-corrected chi connectivity index (χ4v) is 1.52. The first-order chi connectivity index (χ1) is 7.17. The van der Waals surface area contributed by atoms with Gasteiger partial charge in [-0.3, -0.25) is 4.79 Å². The van der Waals surface area contributed by atoms with Gasteiger partial charge in [-0.2, -0.15) is 0 Å². The van der Waals surface area contributed by atoms with E-state index in [-0.39, 0.29) is 11.7 Å². The fourth-order valence-electron chi connectivity index (χ4n) is 1.52. The molecule has 0 saturated carbocycles. The molecule has 4 nitrogen and oxygen atoms in total. The Morgan fingerprint density at radius 3 is 2.80 bits per heavy atom. The first-order valence-corrected chi connectivity index (χ1v) is 5.36. The molecular weight excluding hydrogens is 192 g/mol. The highest BCUT2D eigenvalue weighted by Gasteiger charge is 2.13. The van der Waals surface area contributed by atoms with Crippen molar-refractivity contribution in [2.24, 2.45) is 0 Å². The summed E-state index contributed by atoms with van der Waals surface area (Å²) in [5.41, 5.74) is 0.618. The predicted octanol–water partition coefficient (Wildman–Crippen LogP) is 1.96. The third-order valence-electron chi connectivity index (χ3n) is 2.11. The van der Waals surface area contributed by atoms with Crippen LogP contribution in [0.2, 0.25) is 0 Å². The normalized spacial score (nSPS) is 12.7. The Balaban J connectivity index is 2.93. The van der Waals surface area contributed by atoms with Gasteiger partial charge in [0, 0.05) is 18.4 Å². The lowest BCUT2D eigenvalue weighted by atomic mass is 10.2. The van der Waals surface area contributed by atoms with Gasteiger partial charge in [0.2, 0.25) is 0 Å². The molecule has 0 aliphatic heterocycles. The molecule has 0 radical (unpaired) electrons. The van der Waals surface area contributed by atoms with Gasteiger partial charge in [0.05, 0.1) is 0 Å². The molecule has 0 bridgehead atoms. The van der Waals surface area contributed by atoms with Gasteiger partial charge < -0.3 is 9.72 Å². The number of H-pyrrole nitrogens is 1. The average Bonchev–Trinajstić information content (AvgIpc) is 2.16. The predicted molar refractivity (Wildman–Crippen MR) is 58.9 cm³/mol. The molecule has 0 aliphatic rings. The van der Waals surface area contributed by atoms with Crippen molar-refractivity contribution in [2.45, 2.75) is 39.7 Å². The molecule has 0 amide bonds. The standard InChI is InChI=1S/C11H18N2O2/c1-4-6-9(15-5-2)11-12-8(3)7-10(14)13-11/h7,9H,4-6H2,1-3H3,(H,12,13,14). The summed E-state index contributed by atoms with van der Waals surface area (Å²) in [6.45, 7) is 6.46. The summed E-state index contributed by atoms with van der Waals surface area (Å²) in [5.74, 6) is 0.642. The van der Waals surface area contributed by atoms with Gasteiger partial charge in [-0.25, -0.2) is 4.98 Å². The van der Waals surface area contributed by atoms with Gasteiger partial charge in [-0.05, 0) is 20.3 Å². The number of nitrogens with zero attached hydrogens (tertiary/aromatic N) is 1. The van der Waals surface area contributed by atoms with Gasteiger partial charge in [-0.15, -0.1) is 0 Å². The van der Waals surface area contributed by atoms with E-state index >= 15 is 0 Å². The summed E-state index contributed by atoms with van der Waals surface area (Å²) in [6.07, 6.45) is 1.79. The SMILES string of the molecule is CCCC(OCC)c1nc(C)cc(=O)[nH]1. The Morgan fingerprint density at radius 1 is 1.53 bits per heavy atom. The molecule has 1 atom stereocenters. The summed E-state index contributed by atoms with van der Waals surface area (Å²) >= 11 is 0. The minimum atomic E-state index is -0.113. The Kier molecular flexibility index (Phi) is 4.49. The first kappa shape index (κ1) is 11.9. The van der Waals surface area contributed by atoms with Crippen LogP contribution in [0.5, 0.6) is 0 Å². The minimum Gasteiger partial charge on any atom is -0.371 e. The van der Waals surface area contributed by atoms with Crippen LogP contribution in [0.3, 0.4) is 0 Å². The molecule has 1 unspecified atom stereocenters.